The summed E-state index contributed by atoms with van der Waals surface area (Å²) in [5.41, 5.74) is 0.758. The molecule has 0 aromatic carbocycles. The second-order valence-electron chi connectivity index (χ2n) is 4.82. The Hall–Kier alpha value is -0.180. The standard InChI is InChI=1S/C11H16ClNO4S2/c1-7-4-9(18-10(7)12)19(14,15)13-5-8-6-16-11(2,3)17-8/h4,8,13H,5-6H2,1-3H3. The summed E-state index contributed by atoms with van der Waals surface area (Å²) in [7, 11) is -3.54. The van der Waals surface area contributed by atoms with E-state index in [0.29, 0.717) is 10.9 Å². The molecule has 5 nitrogen and oxygen atoms in total. The lowest BCUT2D eigenvalue weighted by Crippen LogP contribution is -2.34. The molecule has 0 spiro atoms. The van der Waals surface area contributed by atoms with Gasteiger partial charge in [0.2, 0.25) is 10.0 Å². The summed E-state index contributed by atoms with van der Waals surface area (Å²) in [6, 6.07) is 1.56. The van der Waals surface area contributed by atoms with Crippen LogP contribution in [0.1, 0.15) is 19.4 Å². The molecular formula is C11H16ClNO4S2. The number of halogens is 1. The Bertz CT molecular complexity index is 548. The zero-order valence-corrected chi connectivity index (χ0v) is 13.3. The van der Waals surface area contributed by atoms with E-state index in [1.54, 1.807) is 26.8 Å². The molecule has 1 aliphatic rings. The predicted molar refractivity (Wildman–Crippen MR) is 74.2 cm³/mol. The van der Waals surface area contributed by atoms with Crippen molar-refractivity contribution in [2.75, 3.05) is 13.2 Å². The first-order chi connectivity index (χ1) is 8.70. The van der Waals surface area contributed by atoms with Crippen LogP contribution in [-0.2, 0) is 19.5 Å². The van der Waals surface area contributed by atoms with Gasteiger partial charge in [0.1, 0.15) is 4.21 Å². The minimum Gasteiger partial charge on any atom is -0.348 e. The highest BCUT2D eigenvalue weighted by Gasteiger charge is 2.33. The molecule has 1 unspecified atom stereocenters. The molecule has 8 heteroatoms. The Morgan fingerprint density at radius 2 is 2.26 bits per heavy atom. The van der Waals surface area contributed by atoms with Crippen LogP contribution in [0.5, 0.6) is 0 Å². The summed E-state index contributed by atoms with van der Waals surface area (Å²) in [6.45, 7) is 5.92. The first-order valence-corrected chi connectivity index (χ1v) is 8.45. The fourth-order valence-electron chi connectivity index (χ4n) is 1.70. The molecule has 1 saturated heterocycles. The van der Waals surface area contributed by atoms with Gasteiger partial charge in [0.15, 0.2) is 5.79 Å². The molecule has 108 valence electrons. The Balaban J connectivity index is 1.99. The molecule has 1 fully saturated rings. The summed E-state index contributed by atoms with van der Waals surface area (Å²) in [5.74, 6) is -0.654. The summed E-state index contributed by atoms with van der Waals surface area (Å²) in [5, 5.41) is 0. The molecule has 2 rings (SSSR count). The van der Waals surface area contributed by atoms with Crippen LogP contribution in [0.25, 0.3) is 0 Å². The van der Waals surface area contributed by atoms with E-state index in [2.05, 4.69) is 4.72 Å². The Labute approximate surface area is 121 Å². The Morgan fingerprint density at radius 1 is 1.58 bits per heavy atom. The van der Waals surface area contributed by atoms with Crippen molar-refractivity contribution in [3.05, 3.63) is 16.0 Å². The van der Waals surface area contributed by atoms with Gasteiger partial charge < -0.3 is 9.47 Å². The van der Waals surface area contributed by atoms with Crippen molar-refractivity contribution >= 4 is 33.0 Å². The second-order valence-corrected chi connectivity index (χ2v) is 8.47. The molecule has 1 aromatic heterocycles. The van der Waals surface area contributed by atoms with E-state index in [1.807, 2.05) is 0 Å². The molecule has 0 radical (unpaired) electrons. The van der Waals surface area contributed by atoms with E-state index >= 15 is 0 Å². The molecular weight excluding hydrogens is 310 g/mol. The van der Waals surface area contributed by atoms with E-state index < -0.39 is 15.8 Å². The minimum absolute atomic E-state index is 0.181. The number of ether oxygens (including phenoxy) is 2. The van der Waals surface area contributed by atoms with Crippen LogP contribution in [0.2, 0.25) is 4.34 Å². The number of nitrogens with one attached hydrogen (secondary N) is 1. The number of thiophene rings is 1. The summed E-state index contributed by atoms with van der Waals surface area (Å²) >= 11 is 6.93. The van der Waals surface area contributed by atoms with Crippen molar-refractivity contribution in [3.63, 3.8) is 0 Å². The summed E-state index contributed by atoms with van der Waals surface area (Å²) < 4.78 is 38.2. The number of aryl methyl sites for hydroxylation is 1. The lowest BCUT2D eigenvalue weighted by molar-refractivity contribution is -0.137. The number of hydrogen-bond donors (Lipinski definition) is 1. The summed E-state index contributed by atoms with van der Waals surface area (Å²) in [6.07, 6.45) is -0.277. The zero-order valence-electron chi connectivity index (χ0n) is 10.9. The average Bonchev–Trinajstić information content (AvgIpc) is 2.81. The highest BCUT2D eigenvalue weighted by molar-refractivity contribution is 7.91. The largest absolute Gasteiger partial charge is 0.348 e. The lowest BCUT2D eigenvalue weighted by atomic mass is 10.4. The van der Waals surface area contributed by atoms with Crippen LogP contribution in [-0.4, -0.2) is 33.5 Å². The van der Waals surface area contributed by atoms with Crippen molar-refractivity contribution in [1.82, 2.24) is 4.72 Å². The van der Waals surface area contributed by atoms with Crippen LogP contribution >= 0.6 is 22.9 Å². The van der Waals surface area contributed by atoms with Gasteiger partial charge in [-0.3, -0.25) is 0 Å². The molecule has 0 bridgehead atoms. The number of rotatable bonds is 4. The quantitative estimate of drug-likeness (QED) is 0.921. The van der Waals surface area contributed by atoms with Crippen LogP contribution in [0.4, 0.5) is 0 Å². The van der Waals surface area contributed by atoms with Crippen molar-refractivity contribution in [2.45, 2.75) is 36.9 Å². The van der Waals surface area contributed by atoms with Gasteiger partial charge in [-0.05, 0) is 32.4 Å². The van der Waals surface area contributed by atoms with Crippen LogP contribution < -0.4 is 4.72 Å². The monoisotopic (exact) mass is 325 g/mol. The van der Waals surface area contributed by atoms with Crippen molar-refractivity contribution in [3.8, 4) is 0 Å². The highest BCUT2D eigenvalue weighted by Crippen LogP contribution is 2.30. The van der Waals surface area contributed by atoms with E-state index in [1.165, 1.54) is 0 Å². The first-order valence-electron chi connectivity index (χ1n) is 5.77. The van der Waals surface area contributed by atoms with Gasteiger partial charge >= 0.3 is 0 Å². The molecule has 1 N–H and O–H groups in total. The Morgan fingerprint density at radius 3 is 2.74 bits per heavy atom. The third-order valence-electron chi connectivity index (χ3n) is 2.67. The van der Waals surface area contributed by atoms with Gasteiger partial charge in [0.05, 0.1) is 17.0 Å². The van der Waals surface area contributed by atoms with E-state index in [-0.39, 0.29) is 16.9 Å². The maximum absolute atomic E-state index is 12.1. The average molecular weight is 326 g/mol. The molecule has 1 atom stereocenters. The van der Waals surface area contributed by atoms with Crippen molar-refractivity contribution < 1.29 is 17.9 Å². The smallest absolute Gasteiger partial charge is 0.250 e. The minimum atomic E-state index is -3.54. The molecule has 0 aliphatic carbocycles. The highest BCUT2D eigenvalue weighted by atomic mass is 35.5. The molecule has 0 amide bonds. The van der Waals surface area contributed by atoms with Crippen molar-refractivity contribution in [2.24, 2.45) is 0 Å². The van der Waals surface area contributed by atoms with Gasteiger partial charge in [-0.1, -0.05) is 11.6 Å². The Kier molecular flexibility index (Phi) is 4.25. The molecule has 1 aromatic rings. The zero-order chi connectivity index (χ0) is 14.3. The predicted octanol–water partition coefficient (Wildman–Crippen LogP) is 2.14. The van der Waals surface area contributed by atoms with Gasteiger partial charge in [-0.2, -0.15) is 0 Å². The van der Waals surface area contributed by atoms with E-state index in [0.717, 1.165) is 16.9 Å². The summed E-state index contributed by atoms with van der Waals surface area (Å²) in [4.78, 5) is 0. The van der Waals surface area contributed by atoms with Crippen LogP contribution in [0, 0.1) is 6.92 Å². The molecule has 2 heterocycles. The second kappa shape index (κ2) is 5.31. The molecule has 1 aliphatic heterocycles. The SMILES string of the molecule is Cc1cc(S(=O)(=O)NCC2COC(C)(C)O2)sc1Cl. The van der Waals surface area contributed by atoms with Gasteiger partial charge in [0, 0.05) is 6.54 Å². The van der Waals surface area contributed by atoms with E-state index in [9.17, 15) is 8.42 Å². The third-order valence-corrected chi connectivity index (χ3v) is 6.12. The molecule has 0 saturated carbocycles. The number of hydrogen-bond acceptors (Lipinski definition) is 5. The lowest BCUT2D eigenvalue weighted by Gasteiger charge is -2.17. The van der Waals surface area contributed by atoms with Crippen LogP contribution in [0.15, 0.2) is 10.3 Å². The number of sulfonamides is 1. The van der Waals surface area contributed by atoms with Crippen molar-refractivity contribution in [1.29, 1.82) is 0 Å². The van der Waals surface area contributed by atoms with Gasteiger partial charge in [-0.25, -0.2) is 13.1 Å². The van der Waals surface area contributed by atoms with Gasteiger partial charge in [0.25, 0.3) is 0 Å². The first kappa shape index (κ1) is 15.2. The van der Waals surface area contributed by atoms with E-state index in [4.69, 9.17) is 21.1 Å². The van der Waals surface area contributed by atoms with Crippen LogP contribution in [0.3, 0.4) is 0 Å². The topological polar surface area (TPSA) is 64.6 Å². The van der Waals surface area contributed by atoms with Gasteiger partial charge in [-0.15, -0.1) is 11.3 Å². The normalized spacial score (nSPS) is 22.8. The fraction of sp³-hybridized carbons (Fsp3) is 0.636. The molecule has 19 heavy (non-hydrogen) atoms. The fourth-order valence-corrected chi connectivity index (χ4v) is 4.52. The maximum atomic E-state index is 12.1. The third kappa shape index (κ3) is 3.68. The maximum Gasteiger partial charge on any atom is 0.250 e.